The van der Waals surface area contributed by atoms with Crippen LogP contribution in [0.25, 0.3) is 0 Å². The van der Waals surface area contributed by atoms with Crippen molar-refractivity contribution in [1.29, 1.82) is 0 Å². The Hall–Kier alpha value is -1.96. The molecule has 2 aromatic rings. The van der Waals surface area contributed by atoms with Crippen molar-refractivity contribution in [2.24, 2.45) is 5.92 Å². The maximum atomic E-state index is 5.30. The largest absolute Gasteiger partial charge is 0.344 e. The Bertz CT molecular complexity index is 551. The highest BCUT2D eigenvalue weighted by Crippen LogP contribution is 2.20. The molecule has 1 fully saturated rings. The number of aromatic nitrogens is 5. The molecule has 1 aliphatic rings. The van der Waals surface area contributed by atoms with Crippen LogP contribution in [0.1, 0.15) is 18.7 Å². The van der Waals surface area contributed by atoms with Crippen molar-refractivity contribution in [1.82, 2.24) is 30.0 Å². The molecule has 0 N–H and O–H groups in total. The van der Waals surface area contributed by atoms with Crippen LogP contribution >= 0.6 is 0 Å². The van der Waals surface area contributed by atoms with E-state index >= 15 is 0 Å². The highest BCUT2D eigenvalue weighted by Gasteiger charge is 2.22. The highest BCUT2D eigenvalue weighted by atomic mass is 16.5. The first-order valence-electron chi connectivity index (χ1n) is 7.27. The zero-order valence-electron chi connectivity index (χ0n) is 12.5. The van der Waals surface area contributed by atoms with Gasteiger partial charge in [-0.15, -0.1) is 5.10 Å². The molecule has 0 radical (unpaired) electrons. The first-order valence-corrected chi connectivity index (χ1v) is 7.27. The zero-order chi connectivity index (χ0) is 14.7. The molecule has 0 saturated carbocycles. The van der Waals surface area contributed by atoms with Crippen molar-refractivity contribution in [2.75, 3.05) is 32.1 Å². The van der Waals surface area contributed by atoms with E-state index in [4.69, 9.17) is 4.52 Å². The van der Waals surface area contributed by atoms with Crippen LogP contribution in [0, 0.1) is 5.92 Å². The lowest BCUT2D eigenvalue weighted by Crippen LogP contribution is -2.36. The van der Waals surface area contributed by atoms with Gasteiger partial charge in [0.25, 0.3) is 5.95 Å². The molecular weight excluding hydrogens is 270 g/mol. The summed E-state index contributed by atoms with van der Waals surface area (Å²) in [5, 5.41) is 11.9. The van der Waals surface area contributed by atoms with Gasteiger partial charge >= 0.3 is 0 Å². The van der Waals surface area contributed by atoms with E-state index in [0.717, 1.165) is 19.6 Å². The molecule has 1 saturated heterocycles. The van der Waals surface area contributed by atoms with Crippen molar-refractivity contribution in [3.63, 3.8) is 0 Å². The molecule has 114 valence electrons. The fraction of sp³-hybridized carbons (Fsp3) is 0.692. The number of likely N-dealkylation sites (tertiary alicyclic amines) is 1. The standard InChI is InChI=1S/C13H21N7O/c1-18(2)13-15-12(21-16-13)10-19-6-3-4-11(8-19)9-20-7-5-14-17-20/h5,7,11H,3-4,6,8-10H2,1-2H3/t11-/m1/s1. The molecule has 0 spiro atoms. The fourth-order valence-corrected chi connectivity index (χ4v) is 2.72. The predicted octanol–water partition coefficient (Wildman–Crippen LogP) is 0.639. The number of anilines is 1. The molecule has 8 nitrogen and oxygen atoms in total. The summed E-state index contributed by atoms with van der Waals surface area (Å²) in [6.07, 6.45) is 6.05. The summed E-state index contributed by atoms with van der Waals surface area (Å²) in [5.41, 5.74) is 0. The van der Waals surface area contributed by atoms with Crippen molar-refractivity contribution >= 4 is 5.95 Å². The van der Waals surface area contributed by atoms with Crippen LogP contribution in [0.3, 0.4) is 0 Å². The van der Waals surface area contributed by atoms with Crippen molar-refractivity contribution in [3.05, 3.63) is 18.3 Å². The van der Waals surface area contributed by atoms with E-state index < -0.39 is 0 Å². The topological polar surface area (TPSA) is 76.1 Å². The zero-order valence-corrected chi connectivity index (χ0v) is 12.5. The third kappa shape index (κ3) is 3.57. The van der Waals surface area contributed by atoms with Crippen molar-refractivity contribution < 1.29 is 4.52 Å². The number of rotatable bonds is 5. The number of nitrogens with zero attached hydrogens (tertiary/aromatic N) is 7. The quantitative estimate of drug-likeness (QED) is 0.800. The Morgan fingerprint density at radius 1 is 1.43 bits per heavy atom. The second kappa shape index (κ2) is 6.21. The van der Waals surface area contributed by atoms with Gasteiger partial charge in [0.2, 0.25) is 5.89 Å². The predicted molar refractivity (Wildman–Crippen MR) is 76.6 cm³/mol. The lowest BCUT2D eigenvalue weighted by molar-refractivity contribution is 0.138. The summed E-state index contributed by atoms with van der Waals surface area (Å²) in [4.78, 5) is 8.60. The molecule has 2 aromatic heterocycles. The van der Waals surface area contributed by atoms with E-state index in [9.17, 15) is 0 Å². The number of hydrogen-bond donors (Lipinski definition) is 0. The van der Waals surface area contributed by atoms with Crippen LogP contribution in [0.15, 0.2) is 16.9 Å². The monoisotopic (exact) mass is 291 g/mol. The van der Waals surface area contributed by atoms with Gasteiger partial charge in [-0.3, -0.25) is 9.58 Å². The van der Waals surface area contributed by atoms with Gasteiger partial charge in [0.05, 0.1) is 12.7 Å². The Morgan fingerprint density at radius 2 is 2.33 bits per heavy atom. The molecule has 0 amide bonds. The minimum atomic E-state index is 0.594. The second-order valence-corrected chi connectivity index (χ2v) is 5.75. The van der Waals surface area contributed by atoms with Crippen LogP contribution in [0.5, 0.6) is 0 Å². The molecule has 0 unspecified atom stereocenters. The molecule has 21 heavy (non-hydrogen) atoms. The minimum absolute atomic E-state index is 0.594. The maximum Gasteiger partial charge on any atom is 0.265 e. The third-order valence-corrected chi connectivity index (χ3v) is 3.74. The van der Waals surface area contributed by atoms with E-state index in [1.807, 2.05) is 29.9 Å². The summed E-state index contributed by atoms with van der Waals surface area (Å²) < 4.78 is 7.21. The fourth-order valence-electron chi connectivity index (χ4n) is 2.72. The minimum Gasteiger partial charge on any atom is -0.344 e. The Morgan fingerprint density at radius 3 is 3.05 bits per heavy atom. The molecule has 8 heteroatoms. The van der Waals surface area contributed by atoms with E-state index in [-0.39, 0.29) is 0 Å². The number of piperidine rings is 1. The van der Waals surface area contributed by atoms with E-state index in [2.05, 4.69) is 25.4 Å². The van der Waals surface area contributed by atoms with Crippen molar-refractivity contribution in [3.8, 4) is 0 Å². The maximum absolute atomic E-state index is 5.30. The molecule has 3 rings (SSSR count). The lowest BCUT2D eigenvalue weighted by Gasteiger charge is -2.31. The van der Waals surface area contributed by atoms with Gasteiger partial charge < -0.3 is 9.42 Å². The molecule has 1 atom stereocenters. The Kier molecular flexibility index (Phi) is 4.14. The number of hydrogen-bond acceptors (Lipinski definition) is 7. The van der Waals surface area contributed by atoms with Crippen LogP contribution in [-0.4, -0.2) is 57.2 Å². The van der Waals surface area contributed by atoms with Gasteiger partial charge in [-0.1, -0.05) is 5.21 Å². The SMILES string of the molecule is CN(C)c1noc(CN2CCC[C@@H](Cn3ccnn3)C2)n1. The van der Waals surface area contributed by atoms with Crippen LogP contribution in [-0.2, 0) is 13.1 Å². The van der Waals surface area contributed by atoms with E-state index in [1.165, 1.54) is 12.8 Å². The lowest BCUT2D eigenvalue weighted by atomic mass is 9.98. The summed E-state index contributed by atoms with van der Waals surface area (Å²) >= 11 is 0. The van der Waals surface area contributed by atoms with Gasteiger partial charge in [-0.25, -0.2) is 0 Å². The summed E-state index contributed by atoms with van der Waals surface area (Å²) in [5.74, 6) is 1.90. The summed E-state index contributed by atoms with van der Waals surface area (Å²) in [6, 6.07) is 0. The normalized spacial score (nSPS) is 19.8. The summed E-state index contributed by atoms with van der Waals surface area (Å²) in [6.45, 7) is 3.74. The smallest absolute Gasteiger partial charge is 0.265 e. The van der Waals surface area contributed by atoms with Gasteiger partial charge in [0.1, 0.15) is 0 Å². The Labute approximate surface area is 123 Å². The highest BCUT2D eigenvalue weighted by molar-refractivity contribution is 5.23. The van der Waals surface area contributed by atoms with Crippen molar-refractivity contribution in [2.45, 2.75) is 25.9 Å². The first-order chi connectivity index (χ1) is 10.2. The van der Waals surface area contributed by atoms with Crippen LogP contribution in [0.4, 0.5) is 5.95 Å². The first kappa shape index (κ1) is 14.0. The molecule has 1 aliphatic heterocycles. The van der Waals surface area contributed by atoms with Gasteiger partial charge in [-0.2, -0.15) is 4.98 Å². The molecule has 0 aromatic carbocycles. The van der Waals surface area contributed by atoms with Gasteiger partial charge in [0, 0.05) is 33.4 Å². The molecular formula is C13H21N7O. The van der Waals surface area contributed by atoms with Crippen LogP contribution < -0.4 is 4.90 Å². The average molecular weight is 291 g/mol. The molecule has 3 heterocycles. The van der Waals surface area contributed by atoms with Crippen LogP contribution in [0.2, 0.25) is 0 Å². The third-order valence-electron chi connectivity index (χ3n) is 3.74. The molecule has 0 bridgehead atoms. The summed E-state index contributed by atoms with van der Waals surface area (Å²) in [7, 11) is 3.81. The van der Waals surface area contributed by atoms with Gasteiger partial charge in [-0.05, 0) is 30.5 Å². The Balaban J connectivity index is 1.55. The van der Waals surface area contributed by atoms with E-state index in [0.29, 0.717) is 24.3 Å². The average Bonchev–Trinajstić information content (AvgIpc) is 3.11. The molecule has 0 aliphatic carbocycles. The van der Waals surface area contributed by atoms with Gasteiger partial charge in [0.15, 0.2) is 0 Å². The van der Waals surface area contributed by atoms with E-state index in [1.54, 1.807) is 6.20 Å². The second-order valence-electron chi connectivity index (χ2n) is 5.75.